The molecule has 0 radical (unpaired) electrons. The lowest BCUT2D eigenvalue weighted by atomic mass is 9.92. The number of halogens is 1. The number of benzene rings is 3. The number of aliphatic hydroxyl groups excluding tert-OH is 2. The Morgan fingerprint density at radius 3 is 2.04 bits per heavy atom. The normalized spacial score (nSPS) is 12.7. The van der Waals surface area contributed by atoms with Crippen LogP contribution in [0.15, 0.2) is 84.9 Å². The number of carboxylic acid groups (broad SMARTS) is 1. The number of aliphatic carboxylic acids is 1. The van der Waals surface area contributed by atoms with Gasteiger partial charge in [0.1, 0.15) is 18.2 Å². The highest BCUT2D eigenvalue weighted by Gasteiger charge is 2.32. The number of carbonyl (C=O) groups is 2. The lowest BCUT2D eigenvalue weighted by Gasteiger charge is -2.25. The molecule has 0 fully saturated rings. The van der Waals surface area contributed by atoms with E-state index in [1.54, 1.807) is 24.1 Å². The van der Waals surface area contributed by atoms with E-state index in [9.17, 15) is 24.2 Å². The minimum absolute atomic E-state index is 0.0482. The molecule has 1 aromatic heterocycles. The number of ether oxygens (including phenoxy) is 1. The Morgan fingerprint density at radius 2 is 1.47 bits per heavy atom. The minimum Gasteiger partial charge on any atom is -0.481 e. The first-order valence-corrected chi connectivity index (χ1v) is 15.1. The standard InChI is InChI=1S/C36H41FN2O6/c1-24(2)39-31(19-18-29(40)20-30(41)21-32(42)43)33(27-14-16-28(37)17-15-27)34(26-12-8-5-9-13-26)35(39)36(44)38(23-45-3)22-25-10-6-4-7-11-25/h4-17,24,29-30,40-41H,18-23H2,1-3H3,(H,42,43). The number of aliphatic hydroxyl groups is 2. The molecule has 0 bridgehead atoms. The summed E-state index contributed by atoms with van der Waals surface area (Å²) in [6.07, 6.45) is -2.23. The highest BCUT2D eigenvalue weighted by Crippen LogP contribution is 2.43. The van der Waals surface area contributed by atoms with Crippen LogP contribution < -0.4 is 0 Å². The average molecular weight is 617 g/mol. The smallest absolute Gasteiger partial charge is 0.305 e. The van der Waals surface area contributed by atoms with Gasteiger partial charge < -0.3 is 29.5 Å². The molecular formula is C36H41FN2O6. The number of hydrogen-bond donors (Lipinski definition) is 3. The number of aromatic nitrogens is 1. The summed E-state index contributed by atoms with van der Waals surface area (Å²) in [5.41, 5.74) is 5.09. The van der Waals surface area contributed by atoms with Crippen molar-refractivity contribution in [3.8, 4) is 22.3 Å². The Balaban J connectivity index is 1.92. The summed E-state index contributed by atoms with van der Waals surface area (Å²) >= 11 is 0. The fourth-order valence-electron chi connectivity index (χ4n) is 5.78. The summed E-state index contributed by atoms with van der Waals surface area (Å²) in [4.78, 5) is 27.4. The van der Waals surface area contributed by atoms with Crippen molar-refractivity contribution in [2.45, 2.75) is 64.3 Å². The van der Waals surface area contributed by atoms with Gasteiger partial charge in [0.15, 0.2) is 0 Å². The number of nitrogens with zero attached hydrogens (tertiary/aromatic N) is 2. The van der Waals surface area contributed by atoms with Gasteiger partial charge in [0, 0.05) is 36.5 Å². The van der Waals surface area contributed by atoms with Crippen molar-refractivity contribution in [3.63, 3.8) is 0 Å². The van der Waals surface area contributed by atoms with Crippen molar-refractivity contribution in [2.75, 3.05) is 13.8 Å². The molecule has 0 spiro atoms. The molecule has 2 atom stereocenters. The fraction of sp³-hybridized carbons (Fsp3) is 0.333. The van der Waals surface area contributed by atoms with E-state index in [1.165, 1.54) is 12.1 Å². The van der Waals surface area contributed by atoms with Crippen LogP contribution in [0, 0.1) is 5.82 Å². The van der Waals surface area contributed by atoms with Gasteiger partial charge in [-0.25, -0.2) is 4.39 Å². The van der Waals surface area contributed by atoms with Gasteiger partial charge in [-0.15, -0.1) is 0 Å². The van der Waals surface area contributed by atoms with Crippen molar-refractivity contribution >= 4 is 11.9 Å². The first-order chi connectivity index (χ1) is 21.6. The molecule has 0 saturated carbocycles. The van der Waals surface area contributed by atoms with Gasteiger partial charge in [-0.2, -0.15) is 0 Å². The molecule has 0 aliphatic rings. The van der Waals surface area contributed by atoms with E-state index in [-0.39, 0.29) is 31.5 Å². The van der Waals surface area contributed by atoms with Crippen LogP contribution in [0.25, 0.3) is 22.3 Å². The van der Waals surface area contributed by atoms with Crippen molar-refractivity contribution in [2.24, 2.45) is 0 Å². The van der Waals surface area contributed by atoms with Crippen molar-refractivity contribution < 1.29 is 34.0 Å². The molecule has 0 aliphatic carbocycles. The Bertz CT molecular complexity index is 1550. The summed E-state index contributed by atoms with van der Waals surface area (Å²) in [5.74, 6) is -1.79. The van der Waals surface area contributed by atoms with Crippen LogP contribution >= 0.6 is 0 Å². The second kappa shape index (κ2) is 15.6. The molecule has 8 nitrogen and oxygen atoms in total. The molecule has 238 valence electrons. The van der Waals surface area contributed by atoms with E-state index in [4.69, 9.17) is 9.84 Å². The van der Waals surface area contributed by atoms with Crippen LogP contribution in [-0.4, -0.2) is 62.7 Å². The largest absolute Gasteiger partial charge is 0.481 e. The Morgan fingerprint density at radius 1 is 0.867 bits per heavy atom. The highest BCUT2D eigenvalue weighted by atomic mass is 19.1. The predicted molar refractivity (Wildman–Crippen MR) is 171 cm³/mol. The molecule has 1 heterocycles. The Hall–Kier alpha value is -4.31. The molecule has 9 heteroatoms. The summed E-state index contributed by atoms with van der Waals surface area (Å²) in [5, 5.41) is 30.0. The number of hydrogen-bond acceptors (Lipinski definition) is 5. The maximum atomic E-state index is 14.7. The third-order valence-electron chi connectivity index (χ3n) is 7.68. The van der Waals surface area contributed by atoms with Gasteiger partial charge in [-0.05, 0) is 61.9 Å². The molecule has 3 aromatic carbocycles. The zero-order valence-electron chi connectivity index (χ0n) is 25.9. The van der Waals surface area contributed by atoms with Crippen LogP contribution in [0.4, 0.5) is 4.39 Å². The van der Waals surface area contributed by atoms with Crippen LogP contribution in [-0.2, 0) is 22.5 Å². The highest BCUT2D eigenvalue weighted by molar-refractivity contribution is 6.05. The third-order valence-corrected chi connectivity index (χ3v) is 7.68. The Labute approximate surface area is 263 Å². The fourth-order valence-corrected chi connectivity index (χ4v) is 5.78. The molecular weight excluding hydrogens is 575 g/mol. The summed E-state index contributed by atoms with van der Waals surface area (Å²) in [6, 6.07) is 25.1. The number of methoxy groups -OCH3 is 1. The first-order valence-electron chi connectivity index (χ1n) is 15.1. The van der Waals surface area contributed by atoms with Gasteiger partial charge in [0.2, 0.25) is 0 Å². The van der Waals surface area contributed by atoms with Gasteiger partial charge in [-0.1, -0.05) is 72.8 Å². The molecule has 4 aromatic rings. The van der Waals surface area contributed by atoms with Crippen molar-refractivity contribution in [1.82, 2.24) is 9.47 Å². The minimum atomic E-state index is -1.19. The molecule has 3 N–H and O–H groups in total. The average Bonchev–Trinajstić information content (AvgIpc) is 3.35. The van der Waals surface area contributed by atoms with Gasteiger partial charge in [-0.3, -0.25) is 9.59 Å². The zero-order valence-corrected chi connectivity index (χ0v) is 25.9. The quantitative estimate of drug-likeness (QED) is 0.135. The topological polar surface area (TPSA) is 112 Å². The van der Waals surface area contributed by atoms with E-state index in [2.05, 4.69) is 0 Å². The molecule has 0 saturated heterocycles. The van der Waals surface area contributed by atoms with Crippen LogP contribution in [0.5, 0.6) is 0 Å². The van der Waals surface area contributed by atoms with Crippen LogP contribution in [0.2, 0.25) is 0 Å². The lowest BCUT2D eigenvalue weighted by Crippen LogP contribution is -2.34. The maximum absolute atomic E-state index is 14.7. The van der Waals surface area contributed by atoms with Crippen molar-refractivity contribution in [1.29, 1.82) is 0 Å². The lowest BCUT2D eigenvalue weighted by molar-refractivity contribution is -0.139. The maximum Gasteiger partial charge on any atom is 0.305 e. The van der Waals surface area contributed by atoms with Crippen molar-refractivity contribution in [3.05, 3.63) is 108 Å². The number of carbonyl (C=O) groups excluding carboxylic acids is 1. The zero-order chi connectivity index (χ0) is 32.5. The van der Waals surface area contributed by atoms with Crippen LogP contribution in [0.3, 0.4) is 0 Å². The Kier molecular flexibility index (Phi) is 11.6. The number of rotatable bonds is 15. The third kappa shape index (κ3) is 8.45. The number of amides is 1. The van der Waals surface area contributed by atoms with E-state index < -0.39 is 30.4 Å². The summed E-state index contributed by atoms with van der Waals surface area (Å²) in [6.45, 7) is 4.32. The van der Waals surface area contributed by atoms with Crippen LogP contribution in [0.1, 0.15) is 60.9 Å². The molecule has 45 heavy (non-hydrogen) atoms. The molecule has 0 aliphatic heterocycles. The van der Waals surface area contributed by atoms with Gasteiger partial charge in [0.25, 0.3) is 5.91 Å². The molecule has 1 amide bonds. The van der Waals surface area contributed by atoms with Gasteiger partial charge >= 0.3 is 5.97 Å². The molecule has 4 rings (SSSR count). The SMILES string of the molecule is COCN(Cc1ccccc1)C(=O)c1c(-c2ccccc2)c(-c2ccc(F)cc2)c(CCC(O)CC(O)CC(=O)O)n1C(C)C. The monoisotopic (exact) mass is 616 g/mol. The predicted octanol–water partition coefficient (Wildman–Crippen LogP) is 6.31. The molecule has 2 unspecified atom stereocenters. The summed E-state index contributed by atoms with van der Waals surface area (Å²) in [7, 11) is 1.54. The van der Waals surface area contributed by atoms with E-state index in [0.717, 1.165) is 22.4 Å². The van der Waals surface area contributed by atoms with E-state index >= 15 is 0 Å². The van der Waals surface area contributed by atoms with E-state index in [1.807, 2.05) is 79.1 Å². The van der Waals surface area contributed by atoms with Gasteiger partial charge in [0.05, 0.1) is 18.6 Å². The summed E-state index contributed by atoms with van der Waals surface area (Å²) < 4.78 is 21.6. The van der Waals surface area contributed by atoms with E-state index in [0.29, 0.717) is 29.8 Å². The first kappa shape index (κ1) is 33.6. The second-order valence-electron chi connectivity index (χ2n) is 11.5. The number of carboxylic acids is 1. The second-order valence-corrected chi connectivity index (χ2v) is 11.5.